The van der Waals surface area contributed by atoms with Crippen molar-refractivity contribution in [3.8, 4) is 0 Å². The molecule has 2 rings (SSSR count). The average molecular weight is 334 g/mol. The van der Waals surface area contributed by atoms with Crippen LogP contribution in [0.15, 0.2) is 41.1 Å². The minimum atomic E-state index is -0.159. The first-order valence-electron chi connectivity index (χ1n) is 6.37. The number of benzene rings is 1. The van der Waals surface area contributed by atoms with Gasteiger partial charge in [-0.05, 0) is 53.5 Å². The third-order valence-corrected chi connectivity index (χ3v) is 3.46. The molecule has 2 N–H and O–H groups in total. The van der Waals surface area contributed by atoms with Crippen molar-refractivity contribution in [2.75, 3.05) is 17.2 Å². The number of anilines is 2. The maximum Gasteiger partial charge on any atom is 0.257 e. The fourth-order valence-electron chi connectivity index (χ4n) is 1.83. The van der Waals surface area contributed by atoms with Crippen molar-refractivity contribution in [3.05, 3.63) is 52.3 Å². The van der Waals surface area contributed by atoms with Crippen LogP contribution in [0, 0.1) is 6.92 Å². The SMILES string of the molecule is CCNc1cnccc1C(=O)Nc1ccc(C)cc1Br. The molecule has 0 aliphatic heterocycles. The smallest absolute Gasteiger partial charge is 0.257 e. The number of rotatable bonds is 4. The Bertz CT molecular complexity index is 628. The van der Waals surface area contributed by atoms with Gasteiger partial charge >= 0.3 is 0 Å². The second-order valence-corrected chi connectivity index (χ2v) is 5.24. The van der Waals surface area contributed by atoms with E-state index in [2.05, 4.69) is 31.5 Å². The highest BCUT2D eigenvalue weighted by atomic mass is 79.9. The van der Waals surface area contributed by atoms with Crippen molar-refractivity contribution in [3.63, 3.8) is 0 Å². The van der Waals surface area contributed by atoms with Crippen LogP contribution < -0.4 is 10.6 Å². The lowest BCUT2D eigenvalue weighted by Gasteiger charge is -2.11. The molecule has 0 radical (unpaired) electrons. The van der Waals surface area contributed by atoms with Crippen LogP contribution in [0.3, 0.4) is 0 Å². The molecule has 1 aromatic carbocycles. The number of hydrogen-bond acceptors (Lipinski definition) is 3. The maximum atomic E-state index is 12.3. The van der Waals surface area contributed by atoms with Gasteiger partial charge in [-0.1, -0.05) is 6.07 Å². The van der Waals surface area contributed by atoms with E-state index in [-0.39, 0.29) is 5.91 Å². The molecular weight excluding hydrogens is 318 g/mol. The van der Waals surface area contributed by atoms with Crippen LogP contribution in [0.1, 0.15) is 22.8 Å². The van der Waals surface area contributed by atoms with E-state index in [0.717, 1.165) is 28.0 Å². The van der Waals surface area contributed by atoms with Gasteiger partial charge in [0.15, 0.2) is 0 Å². The lowest BCUT2D eigenvalue weighted by Crippen LogP contribution is -2.15. The highest BCUT2D eigenvalue weighted by Gasteiger charge is 2.12. The van der Waals surface area contributed by atoms with E-state index in [0.29, 0.717) is 5.56 Å². The summed E-state index contributed by atoms with van der Waals surface area (Å²) in [5.41, 5.74) is 3.19. The van der Waals surface area contributed by atoms with Crippen molar-refractivity contribution in [2.45, 2.75) is 13.8 Å². The van der Waals surface area contributed by atoms with Crippen LogP contribution in [0.25, 0.3) is 0 Å². The summed E-state index contributed by atoms with van der Waals surface area (Å²) in [6.07, 6.45) is 3.27. The van der Waals surface area contributed by atoms with Crippen LogP contribution >= 0.6 is 15.9 Å². The van der Waals surface area contributed by atoms with Crippen LogP contribution in [-0.4, -0.2) is 17.4 Å². The van der Waals surface area contributed by atoms with E-state index in [1.165, 1.54) is 0 Å². The fraction of sp³-hybridized carbons (Fsp3) is 0.200. The van der Waals surface area contributed by atoms with Crippen molar-refractivity contribution < 1.29 is 4.79 Å². The molecule has 2 aromatic rings. The predicted molar refractivity (Wildman–Crippen MR) is 85.2 cm³/mol. The Hall–Kier alpha value is -1.88. The largest absolute Gasteiger partial charge is 0.383 e. The third-order valence-electron chi connectivity index (χ3n) is 2.81. The van der Waals surface area contributed by atoms with Gasteiger partial charge in [0.25, 0.3) is 5.91 Å². The molecule has 0 aliphatic carbocycles. The predicted octanol–water partition coefficient (Wildman–Crippen LogP) is 3.84. The summed E-state index contributed by atoms with van der Waals surface area (Å²) in [6.45, 7) is 4.72. The number of nitrogens with one attached hydrogen (secondary N) is 2. The van der Waals surface area contributed by atoms with Crippen LogP contribution in [0.4, 0.5) is 11.4 Å². The molecule has 0 aliphatic rings. The first-order valence-corrected chi connectivity index (χ1v) is 7.16. The quantitative estimate of drug-likeness (QED) is 0.893. The Morgan fingerprint density at radius 3 is 2.80 bits per heavy atom. The minimum Gasteiger partial charge on any atom is -0.383 e. The summed E-state index contributed by atoms with van der Waals surface area (Å²) in [4.78, 5) is 16.4. The average Bonchev–Trinajstić information content (AvgIpc) is 2.43. The summed E-state index contributed by atoms with van der Waals surface area (Å²) < 4.78 is 0.866. The van der Waals surface area contributed by atoms with E-state index < -0.39 is 0 Å². The van der Waals surface area contributed by atoms with Crippen molar-refractivity contribution in [2.24, 2.45) is 0 Å². The Balaban J connectivity index is 2.24. The molecular formula is C15H16BrN3O. The molecule has 1 aromatic heterocycles. The normalized spacial score (nSPS) is 10.2. The van der Waals surface area contributed by atoms with E-state index in [4.69, 9.17) is 0 Å². The number of hydrogen-bond donors (Lipinski definition) is 2. The monoisotopic (exact) mass is 333 g/mol. The first-order chi connectivity index (χ1) is 9.61. The Kier molecular flexibility index (Phi) is 4.74. The molecule has 4 nitrogen and oxygen atoms in total. The zero-order valence-electron chi connectivity index (χ0n) is 11.4. The third kappa shape index (κ3) is 3.36. The molecule has 0 saturated heterocycles. The number of amides is 1. The molecule has 0 bridgehead atoms. The number of carbonyl (C=O) groups excluding carboxylic acids is 1. The summed E-state index contributed by atoms with van der Waals surface area (Å²) in [7, 11) is 0. The summed E-state index contributed by atoms with van der Waals surface area (Å²) in [6, 6.07) is 7.51. The van der Waals surface area contributed by atoms with E-state index in [1.807, 2.05) is 32.0 Å². The highest BCUT2D eigenvalue weighted by molar-refractivity contribution is 9.10. The van der Waals surface area contributed by atoms with Gasteiger partial charge in [-0.25, -0.2) is 0 Å². The lowest BCUT2D eigenvalue weighted by atomic mass is 10.2. The van der Waals surface area contributed by atoms with E-state index in [9.17, 15) is 4.79 Å². The molecule has 104 valence electrons. The summed E-state index contributed by atoms with van der Waals surface area (Å²) in [5.74, 6) is -0.159. The van der Waals surface area contributed by atoms with Crippen molar-refractivity contribution in [1.29, 1.82) is 0 Å². The van der Waals surface area contributed by atoms with Gasteiger partial charge in [0.05, 0.1) is 23.1 Å². The van der Waals surface area contributed by atoms with Gasteiger partial charge in [0, 0.05) is 17.2 Å². The van der Waals surface area contributed by atoms with Gasteiger partial charge in [0.2, 0.25) is 0 Å². The molecule has 0 saturated carbocycles. The standard InChI is InChI=1S/C15H16BrN3O/c1-3-18-14-9-17-7-6-11(14)15(20)19-13-5-4-10(2)8-12(13)16/h4-9,18H,3H2,1-2H3,(H,19,20). The second kappa shape index (κ2) is 6.52. The fourth-order valence-corrected chi connectivity index (χ4v) is 2.43. The topological polar surface area (TPSA) is 54.0 Å². The van der Waals surface area contributed by atoms with Gasteiger partial charge < -0.3 is 10.6 Å². The number of nitrogens with zero attached hydrogens (tertiary/aromatic N) is 1. The number of aryl methyl sites for hydroxylation is 1. The van der Waals surface area contributed by atoms with Gasteiger partial charge in [0.1, 0.15) is 0 Å². The van der Waals surface area contributed by atoms with E-state index >= 15 is 0 Å². The van der Waals surface area contributed by atoms with Crippen LogP contribution in [0.5, 0.6) is 0 Å². The van der Waals surface area contributed by atoms with Gasteiger partial charge in [-0.2, -0.15) is 0 Å². The second-order valence-electron chi connectivity index (χ2n) is 4.39. The maximum absolute atomic E-state index is 12.3. The zero-order chi connectivity index (χ0) is 14.5. The van der Waals surface area contributed by atoms with Crippen LogP contribution in [-0.2, 0) is 0 Å². The Morgan fingerprint density at radius 2 is 2.10 bits per heavy atom. The minimum absolute atomic E-state index is 0.159. The molecule has 0 unspecified atom stereocenters. The highest BCUT2D eigenvalue weighted by Crippen LogP contribution is 2.24. The molecule has 0 atom stereocenters. The molecule has 5 heteroatoms. The molecule has 0 spiro atoms. The lowest BCUT2D eigenvalue weighted by molar-refractivity contribution is 0.102. The summed E-state index contributed by atoms with van der Waals surface area (Å²) in [5, 5.41) is 6.03. The Morgan fingerprint density at radius 1 is 1.30 bits per heavy atom. The van der Waals surface area contributed by atoms with Gasteiger partial charge in [-0.3, -0.25) is 9.78 Å². The van der Waals surface area contributed by atoms with Gasteiger partial charge in [-0.15, -0.1) is 0 Å². The number of aromatic nitrogens is 1. The molecule has 20 heavy (non-hydrogen) atoms. The zero-order valence-corrected chi connectivity index (χ0v) is 13.0. The molecule has 1 amide bonds. The molecule has 1 heterocycles. The summed E-state index contributed by atoms with van der Waals surface area (Å²) >= 11 is 3.45. The Labute approximate surface area is 126 Å². The van der Waals surface area contributed by atoms with Crippen LogP contribution in [0.2, 0.25) is 0 Å². The van der Waals surface area contributed by atoms with Crippen molar-refractivity contribution in [1.82, 2.24) is 4.98 Å². The molecule has 0 fully saturated rings. The van der Waals surface area contributed by atoms with E-state index in [1.54, 1.807) is 18.5 Å². The number of pyridine rings is 1. The first kappa shape index (κ1) is 14.5. The number of carbonyl (C=O) groups is 1. The number of halogens is 1. The van der Waals surface area contributed by atoms with Crippen molar-refractivity contribution >= 4 is 33.2 Å².